The van der Waals surface area contributed by atoms with E-state index in [0.717, 1.165) is 22.5 Å². The number of carbonyl (C=O) groups is 1. The first-order chi connectivity index (χ1) is 12.8. The van der Waals surface area contributed by atoms with Gasteiger partial charge in [0.15, 0.2) is 4.80 Å². The molecule has 0 fully saturated rings. The standard InChI is InChI=1S/C21H23ClN2OS2/c1-21(2,3)15-7-5-14(6-8-15)19(25)23-20-24(11-12-26-4)17-10-9-16(22)13-18(17)27-20/h5-10,13H,11-12H2,1-4H3. The average molecular weight is 419 g/mol. The number of benzene rings is 2. The number of thiazole rings is 1. The van der Waals surface area contributed by atoms with Gasteiger partial charge < -0.3 is 4.57 Å². The van der Waals surface area contributed by atoms with Gasteiger partial charge in [0.1, 0.15) is 0 Å². The van der Waals surface area contributed by atoms with Gasteiger partial charge in [0, 0.05) is 22.9 Å². The van der Waals surface area contributed by atoms with Crippen LogP contribution in [0.5, 0.6) is 0 Å². The highest BCUT2D eigenvalue weighted by atomic mass is 35.5. The summed E-state index contributed by atoms with van der Waals surface area (Å²) >= 11 is 9.40. The van der Waals surface area contributed by atoms with Gasteiger partial charge in [0.2, 0.25) is 0 Å². The monoisotopic (exact) mass is 418 g/mol. The maximum atomic E-state index is 12.7. The third-order valence-electron chi connectivity index (χ3n) is 4.36. The third-order valence-corrected chi connectivity index (χ3v) is 6.23. The predicted molar refractivity (Wildman–Crippen MR) is 118 cm³/mol. The van der Waals surface area contributed by atoms with Crippen LogP contribution < -0.4 is 4.80 Å². The van der Waals surface area contributed by atoms with Gasteiger partial charge in [-0.05, 0) is 47.6 Å². The molecule has 142 valence electrons. The summed E-state index contributed by atoms with van der Waals surface area (Å²) in [6.07, 6.45) is 2.07. The highest BCUT2D eigenvalue weighted by Gasteiger charge is 2.14. The van der Waals surface area contributed by atoms with Gasteiger partial charge in [-0.2, -0.15) is 16.8 Å². The summed E-state index contributed by atoms with van der Waals surface area (Å²) in [5.41, 5.74) is 2.93. The zero-order chi connectivity index (χ0) is 19.6. The van der Waals surface area contributed by atoms with E-state index in [9.17, 15) is 4.79 Å². The molecule has 27 heavy (non-hydrogen) atoms. The van der Waals surface area contributed by atoms with E-state index in [1.165, 1.54) is 16.9 Å². The van der Waals surface area contributed by atoms with Crippen LogP contribution in [0.15, 0.2) is 47.5 Å². The lowest BCUT2D eigenvalue weighted by atomic mass is 9.87. The summed E-state index contributed by atoms with van der Waals surface area (Å²) in [6, 6.07) is 13.5. The Balaban J connectivity index is 2.02. The lowest BCUT2D eigenvalue weighted by Crippen LogP contribution is -2.18. The second kappa shape index (κ2) is 8.21. The van der Waals surface area contributed by atoms with Gasteiger partial charge in [-0.25, -0.2) is 0 Å². The van der Waals surface area contributed by atoms with E-state index in [2.05, 4.69) is 36.6 Å². The smallest absolute Gasteiger partial charge is 0.279 e. The molecule has 6 heteroatoms. The Kier molecular flexibility index (Phi) is 6.14. The Morgan fingerprint density at radius 1 is 1.19 bits per heavy atom. The fraction of sp³-hybridized carbons (Fsp3) is 0.333. The van der Waals surface area contributed by atoms with Crippen molar-refractivity contribution >= 4 is 50.8 Å². The van der Waals surface area contributed by atoms with E-state index in [1.54, 1.807) is 11.8 Å². The molecule has 2 aromatic carbocycles. The minimum atomic E-state index is -0.217. The molecule has 0 saturated carbocycles. The van der Waals surface area contributed by atoms with Crippen molar-refractivity contribution in [2.24, 2.45) is 4.99 Å². The number of aryl methyl sites for hydroxylation is 1. The van der Waals surface area contributed by atoms with Gasteiger partial charge in [0.05, 0.1) is 10.2 Å². The SMILES string of the molecule is CSCCn1c(=NC(=O)c2ccc(C(C)(C)C)cc2)sc2cc(Cl)ccc21. The maximum Gasteiger partial charge on any atom is 0.279 e. The van der Waals surface area contributed by atoms with Gasteiger partial charge in [-0.15, -0.1) is 0 Å². The quantitative estimate of drug-likeness (QED) is 0.539. The summed E-state index contributed by atoms with van der Waals surface area (Å²) in [7, 11) is 0. The second-order valence-corrected chi connectivity index (χ2v) is 9.82. The number of fused-ring (bicyclic) bond motifs is 1. The van der Waals surface area contributed by atoms with Crippen molar-refractivity contribution in [2.45, 2.75) is 32.7 Å². The van der Waals surface area contributed by atoms with Crippen molar-refractivity contribution in [1.82, 2.24) is 4.57 Å². The zero-order valence-electron chi connectivity index (χ0n) is 16.0. The maximum absolute atomic E-state index is 12.7. The van der Waals surface area contributed by atoms with E-state index >= 15 is 0 Å². The van der Waals surface area contributed by atoms with Crippen molar-refractivity contribution in [3.8, 4) is 0 Å². The van der Waals surface area contributed by atoms with Crippen molar-refractivity contribution in [2.75, 3.05) is 12.0 Å². The fourth-order valence-corrected chi connectivity index (χ4v) is 4.49. The van der Waals surface area contributed by atoms with Crippen LogP contribution in [0.3, 0.4) is 0 Å². The Bertz CT molecular complexity index is 1030. The van der Waals surface area contributed by atoms with Gasteiger partial charge in [-0.3, -0.25) is 4.79 Å². The van der Waals surface area contributed by atoms with Crippen LogP contribution in [-0.4, -0.2) is 22.5 Å². The molecule has 0 atom stereocenters. The van der Waals surface area contributed by atoms with E-state index in [0.29, 0.717) is 15.4 Å². The molecule has 0 aliphatic heterocycles. The molecule has 0 aliphatic rings. The molecular weight excluding hydrogens is 396 g/mol. The first-order valence-electron chi connectivity index (χ1n) is 8.77. The molecule has 0 N–H and O–H groups in total. The van der Waals surface area contributed by atoms with Crippen LogP contribution in [0.25, 0.3) is 10.2 Å². The normalized spacial score (nSPS) is 12.7. The minimum absolute atomic E-state index is 0.0598. The number of thioether (sulfide) groups is 1. The predicted octanol–water partition coefficient (Wildman–Crippen LogP) is 5.76. The lowest BCUT2D eigenvalue weighted by Gasteiger charge is -2.18. The first kappa shape index (κ1) is 20.2. The minimum Gasteiger partial charge on any atom is -0.316 e. The number of aromatic nitrogens is 1. The van der Waals surface area contributed by atoms with E-state index < -0.39 is 0 Å². The Morgan fingerprint density at radius 3 is 2.52 bits per heavy atom. The fourth-order valence-electron chi connectivity index (χ4n) is 2.80. The molecule has 0 saturated heterocycles. The molecule has 3 aromatic rings. The van der Waals surface area contributed by atoms with Crippen LogP contribution in [0.2, 0.25) is 5.02 Å². The van der Waals surface area contributed by atoms with E-state index in [4.69, 9.17) is 11.6 Å². The average Bonchev–Trinajstić information content (AvgIpc) is 2.95. The van der Waals surface area contributed by atoms with Crippen molar-refractivity contribution in [3.63, 3.8) is 0 Å². The number of amides is 1. The van der Waals surface area contributed by atoms with Crippen LogP contribution in [0, 0.1) is 0 Å². The van der Waals surface area contributed by atoms with Crippen LogP contribution in [0.4, 0.5) is 0 Å². The van der Waals surface area contributed by atoms with Gasteiger partial charge in [-0.1, -0.05) is 55.8 Å². The number of nitrogens with zero attached hydrogens (tertiary/aromatic N) is 2. The summed E-state index contributed by atoms with van der Waals surface area (Å²) in [4.78, 5) is 17.9. The van der Waals surface area contributed by atoms with Crippen molar-refractivity contribution in [3.05, 3.63) is 63.4 Å². The van der Waals surface area contributed by atoms with Crippen molar-refractivity contribution < 1.29 is 4.79 Å². The number of halogens is 1. The van der Waals surface area contributed by atoms with Crippen LogP contribution in [0.1, 0.15) is 36.7 Å². The van der Waals surface area contributed by atoms with Crippen molar-refractivity contribution in [1.29, 1.82) is 0 Å². The summed E-state index contributed by atoms with van der Waals surface area (Å²) in [5.74, 6) is 0.738. The first-order valence-corrected chi connectivity index (χ1v) is 11.4. The second-order valence-electron chi connectivity index (χ2n) is 7.39. The molecule has 3 rings (SSSR count). The largest absolute Gasteiger partial charge is 0.316 e. The molecule has 0 aliphatic carbocycles. The van der Waals surface area contributed by atoms with Crippen LogP contribution in [-0.2, 0) is 12.0 Å². The molecule has 3 nitrogen and oxygen atoms in total. The van der Waals surface area contributed by atoms with Gasteiger partial charge in [0.25, 0.3) is 5.91 Å². The van der Waals surface area contributed by atoms with E-state index in [-0.39, 0.29) is 11.3 Å². The molecule has 1 heterocycles. The number of rotatable bonds is 4. The molecule has 1 aromatic heterocycles. The zero-order valence-corrected chi connectivity index (χ0v) is 18.3. The Labute approximate surface area is 173 Å². The summed E-state index contributed by atoms with van der Waals surface area (Å²) in [6.45, 7) is 7.28. The molecule has 0 unspecified atom stereocenters. The Hall–Kier alpha value is -1.56. The molecule has 0 radical (unpaired) electrons. The number of hydrogen-bond donors (Lipinski definition) is 0. The molecule has 0 spiro atoms. The highest BCUT2D eigenvalue weighted by molar-refractivity contribution is 7.98. The summed E-state index contributed by atoms with van der Waals surface area (Å²) in [5, 5.41) is 0.691. The lowest BCUT2D eigenvalue weighted by molar-refractivity contribution is 0.0998. The third kappa shape index (κ3) is 4.65. The molecule has 1 amide bonds. The van der Waals surface area contributed by atoms with E-state index in [1.807, 2.05) is 42.5 Å². The number of carbonyl (C=O) groups excluding carboxylic acids is 1. The molecule has 0 bridgehead atoms. The Morgan fingerprint density at radius 2 is 1.89 bits per heavy atom. The highest BCUT2D eigenvalue weighted by Crippen LogP contribution is 2.23. The van der Waals surface area contributed by atoms with Crippen LogP contribution >= 0.6 is 34.7 Å². The number of hydrogen-bond acceptors (Lipinski definition) is 3. The molecular formula is C21H23ClN2OS2. The summed E-state index contributed by atoms with van der Waals surface area (Å²) < 4.78 is 3.15. The topological polar surface area (TPSA) is 34.4 Å². The van der Waals surface area contributed by atoms with Gasteiger partial charge >= 0.3 is 0 Å².